The molecule has 0 bridgehead atoms. The van der Waals surface area contributed by atoms with Crippen molar-refractivity contribution < 1.29 is 4.74 Å². The van der Waals surface area contributed by atoms with Crippen molar-refractivity contribution in [3.05, 3.63) is 18.0 Å². The lowest BCUT2D eigenvalue weighted by atomic mass is 10.3. The van der Waals surface area contributed by atoms with Crippen molar-refractivity contribution in [2.45, 2.75) is 52.9 Å². The van der Waals surface area contributed by atoms with Crippen LogP contribution in [-0.4, -0.2) is 15.9 Å². The van der Waals surface area contributed by atoms with E-state index in [1.54, 1.807) is 0 Å². The van der Waals surface area contributed by atoms with Crippen LogP contribution in [0.3, 0.4) is 0 Å². The van der Waals surface area contributed by atoms with Crippen LogP contribution in [0.25, 0.3) is 0 Å². The summed E-state index contributed by atoms with van der Waals surface area (Å²) in [5, 5.41) is 4.44. The normalized spacial score (nSPS) is 13.5. The Morgan fingerprint density at radius 1 is 1.43 bits per heavy atom. The summed E-state index contributed by atoms with van der Waals surface area (Å²) in [5.74, 6) is 0. The second-order valence-electron chi connectivity index (χ2n) is 3.90. The molecule has 0 radical (unpaired) electrons. The lowest BCUT2D eigenvalue weighted by Gasteiger charge is -2.08. The van der Waals surface area contributed by atoms with Gasteiger partial charge in [0.05, 0.1) is 18.4 Å². The Labute approximate surface area is 86.1 Å². The summed E-state index contributed by atoms with van der Waals surface area (Å²) in [5.41, 5.74) is 1.01. The summed E-state index contributed by atoms with van der Waals surface area (Å²) in [6.07, 6.45) is 3.39. The average molecular weight is 196 g/mol. The van der Waals surface area contributed by atoms with E-state index in [2.05, 4.69) is 18.9 Å². The second kappa shape index (κ2) is 5.15. The molecule has 0 aliphatic heterocycles. The monoisotopic (exact) mass is 196 g/mol. The van der Waals surface area contributed by atoms with Crippen molar-refractivity contribution in [1.29, 1.82) is 0 Å². The van der Waals surface area contributed by atoms with Crippen LogP contribution < -0.4 is 0 Å². The Morgan fingerprint density at radius 2 is 2.14 bits per heavy atom. The van der Waals surface area contributed by atoms with Gasteiger partial charge in [0, 0.05) is 12.2 Å². The van der Waals surface area contributed by atoms with Crippen LogP contribution in [0.4, 0.5) is 0 Å². The van der Waals surface area contributed by atoms with Crippen molar-refractivity contribution in [3.8, 4) is 0 Å². The third-order valence-corrected chi connectivity index (χ3v) is 2.27. The number of nitrogens with zero attached hydrogens (tertiary/aromatic N) is 2. The zero-order chi connectivity index (χ0) is 10.6. The van der Waals surface area contributed by atoms with Gasteiger partial charge in [0.25, 0.3) is 0 Å². The van der Waals surface area contributed by atoms with E-state index in [1.807, 2.05) is 30.8 Å². The van der Waals surface area contributed by atoms with E-state index in [-0.39, 0.29) is 6.10 Å². The summed E-state index contributed by atoms with van der Waals surface area (Å²) in [7, 11) is 0. The summed E-state index contributed by atoms with van der Waals surface area (Å²) in [6, 6.07) is 2.50. The Morgan fingerprint density at radius 3 is 2.71 bits per heavy atom. The number of hydrogen-bond donors (Lipinski definition) is 0. The van der Waals surface area contributed by atoms with Gasteiger partial charge in [0.1, 0.15) is 0 Å². The Kier molecular flexibility index (Phi) is 4.14. The maximum Gasteiger partial charge on any atom is 0.0909 e. The van der Waals surface area contributed by atoms with Crippen LogP contribution in [-0.2, 0) is 11.3 Å². The van der Waals surface area contributed by atoms with E-state index in [1.165, 1.54) is 0 Å². The van der Waals surface area contributed by atoms with Crippen molar-refractivity contribution in [1.82, 2.24) is 9.78 Å². The molecule has 0 aromatic carbocycles. The molecule has 3 heteroatoms. The number of hydrogen-bond acceptors (Lipinski definition) is 2. The van der Waals surface area contributed by atoms with Crippen LogP contribution in [0, 0.1) is 0 Å². The van der Waals surface area contributed by atoms with Gasteiger partial charge in [-0.25, -0.2) is 0 Å². The van der Waals surface area contributed by atoms with E-state index in [0.717, 1.165) is 12.1 Å². The molecule has 14 heavy (non-hydrogen) atoms. The Bertz CT molecular complexity index is 268. The highest BCUT2D eigenvalue weighted by Crippen LogP contribution is 2.09. The minimum atomic E-state index is 0.267. The topological polar surface area (TPSA) is 27.1 Å². The zero-order valence-corrected chi connectivity index (χ0v) is 9.53. The SMILES string of the molecule is CCC(C)n1ccc(COC(C)C)n1. The predicted octanol–water partition coefficient (Wildman–Crippen LogP) is 2.78. The van der Waals surface area contributed by atoms with Crippen LogP contribution in [0.1, 0.15) is 45.9 Å². The molecule has 1 heterocycles. The first-order valence-electron chi connectivity index (χ1n) is 5.29. The highest BCUT2D eigenvalue weighted by atomic mass is 16.5. The molecule has 3 nitrogen and oxygen atoms in total. The van der Waals surface area contributed by atoms with Crippen molar-refractivity contribution in [2.24, 2.45) is 0 Å². The van der Waals surface area contributed by atoms with Gasteiger partial charge >= 0.3 is 0 Å². The highest BCUT2D eigenvalue weighted by Gasteiger charge is 2.04. The molecule has 0 aliphatic rings. The predicted molar refractivity (Wildman–Crippen MR) is 57.2 cm³/mol. The summed E-state index contributed by atoms with van der Waals surface area (Å²) >= 11 is 0. The maximum absolute atomic E-state index is 5.48. The molecule has 1 atom stereocenters. The standard InChI is InChI=1S/C11H20N2O/c1-5-10(4)13-7-6-11(12-13)8-14-9(2)3/h6-7,9-10H,5,8H2,1-4H3. The van der Waals surface area contributed by atoms with Crippen molar-refractivity contribution in [2.75, 3.05) is 0 Å². The van der Waals surface area contributed by atoms with Crippen LogP contribution >= 0.6 is 0 Å². The average Bonchev–Trinajstić information content (AvgIpc) is 2.62. The molecule has 0 fully saturated rings. The van der Waals surface area contributed by atoms with Crippen molar-refractivity contribution >= 4 is 0 Å². The number of aromatic nitrogens is 2. The van der Waals surface area contributed by atoms with Gasteiger partial charge < -0.3 is 4.74 Å². The van der Waals surface area contributed by atoms with Crippen LogP contribution in [0.2, 0.25) is 0 Å². The molecule has 0 N–H and O–H groups in total. The maximum atomic E-state index is 5.48. The molecule has 1 aromatic heterocycles. The third-order valence-electron chi connectivity index (χ3n) is 2.27. The van der Waals surface area contributed by atoms with E-state index < -0.39 is 0 Å². The van der Waals surface area contributed by atoms with E-state index >= 15 is 0 Å². The van der Waals surface area contributed by atoms with Crippen LogP contribution in [0.5, 0.6) is 0 Å². The lowest BCUT2D eigenvalue weighted by Crippen LogP contribution is -2.06. The minimum Gasteiger partial charge on any atom is -0.372 e. The van der Waals surface area contributed by atoms with E-state index in [9.17, 15) is 0 Å². The minimum absolute atomic E-state index is 0.267. The first-order valence-corrected chi connectivity index (χ1v) is 5.29. The summed E-state index contributed by atoms with van der Waals surface area (Å²) < 4.78 is 7.48. The van der Waals surface area contributed by atoms with Crippen molar-refractivity contribution in [3.63, 3.8) is 0 Å². The molecule has 0 aliphatic carbocycles. The highest BCUT2D eigenvalue weighted by molar-refractivity contribution is 4.97. The summed E-state index contributed by atoms with van der Waals surface area (Å²) in [4.78, 5) is 0. The lowest BCUT2D eigenvalue weighted by molar-refractivity contribution is 0.0631. The zero-order valence-electron chi connectivity index (χ0n) is 9.53. The smallest absolute Gasteiger partial charge is 0.0909 e. The molecular weight excluding hydrogens is 176 g/mol. The number of rotatable bonds is 5. The van der Waals surface area contributed by atoms with Gasteiger partial charge in [-0.3, -0.25) is 4.68 Å². The largest absolute Gasteiger partial charge is 0.372 e. The number of ether oxygens (including phenoxy) is 1. The van der Waals surface area contributed by atoms with E-state index in [0.29, 0.717) is 12.6 Å². The van der Waals surface area contributed by atoms with Gasteiger partial charge in [-0.05, 0) is 33.3 Å². The fourth-order valence-corrected chi connectivity index (χ4v) is 1.14. The van der Waals surface area contributed by atoms with Gasteiger partial charge in [-0.15, -0.1) is 0 Å². The van der Waals surface area contributed by atoms with Gasteiger partial charge in [-0.1, -0.05) is 6.92 Å². The molecular formula is C11H20N2O. The third kappa shape index (κ3) is 3.14. The molecule has 1 unspecified atom stereocenters. The first-order chi connectivity index (χ1) is 6.63. The van der Waals surface area contributed by atoms with Gasteiger partial charge in [0.2, 0.25) is 0 Å². The van der Waals surface area contributed by atoms with Crippen LogP contribution in [0.15, 0.2) is 12.3 Å². The molecule has 0 amide bonds. The molecule has 0 saturated heterocycles. The summed E-state index contributed by atoms with van der Waals surface area (Å²) in [6.45, 7) is 9.01. The Hall–Kier alpha value is -0.830. The molecule has 0 saturated carbocycles. The van der Waals surface area contributed by atoms with E-state index in [4.69, 9.17) is 4.74 Å². The molecule has 1 rings (SSSR count). The fraction of sp³-hybridized carbons (Fsp3) is 0.727. The second-order valence-corrected chi connectivity index (χ2v) is 3.90. The van der Waals surface area contributed by atoms with Gasteiger partial charge in [-0.2, -0.15) is 5.10 Å². The van der Waals surface area contributed by atoms with Gasteiger partial charge in [0.15, 0.2) is 0 Å². The Balaban J connectivity index is 2.50. The molecule has 0 spiro atoms. The quantitative estimate of drug-likeness (QED) is 0.724. The fourth-order valence-electron chi connectivity index (χ4n) is 1.14. The first kappa shape index (κ1) is 11.2. The molecule has 1 aromatic rings. The molecule has 80 valence electrons.